The van der Waals surface area contributed by atoms with E-state index in [1.165, 1.54) is 14.2 Å². The molecule has 0 saturated carbocycles. The van der Waals surface area contributed by atoms with E-state index in [0.29, 0.717) is 36.1 Å². The first-order valence-electron chi connectivity index (χ1n) is 15.5. The molecule has 14 nitrogen and oxygen atoms in total. The second-order valence-corrected chi connectivity index (χ2v) is 11.9. The Balaban J connectivity index is 1.40. The van der Waals surface area contributed by atoms with E-state index in [4.69, 9.17) is 9.47 Å². The number of aromatic nitrogens is 4. The Morgan fingerprint density at radius 3 is 1.89 bits per heavy atom. The highest BCUT2D eigenvalue weighted by molar-refractivity contribution is 5.87. The molecule has 0 radical (unpaired) electrons. The van der Waals surface area contributed by atoms with E-state index in [-0.39, 0.29) is 35.7 Å². The van der Waals surface area contributed by atoms with Gasteiger partial charge in [0, 0.05) is 19.3 Å². The number of ether oxygens (including phenoxy) is 2. The van der Waals surface area contributed by atoms with Gasteiger partial charge in [-0.1, -0.05) is 27.7 Å². The Labute approximate surface area is 268 Å². The maximum absolute atomic E-state index is 13.3. The highest BCUT2D eigenvalue weighted by Crippen LogP contribution is 2.32. The molecule has 2 aromatic heterocycles. The molecule has 46 heavy (non-hydrogen) atoms. The normalized spacial score (nSPS) is 18.7. The van der Waals surface area contributed by atoms with E-state index in [1.54, 1.807) is 22.2 Å². The topological polar surface area (TPSA) is 175 Å². The average Bonchev–Trinajstić information content (AvgIpc) is 3.86. The van der Waals surface area contributed by atoms with Crippen molar-refractivity contribution in [1.29, 1.82) is 0 Å². The van der Waals surface area contributed by atoms with Crippen LogP contribution in [0.15, 0.2) is 12.4 Å². The van der Waals surface area contributed by atoms with Crippen LogP contribution in [0, 0.1) is 35.5 Å². The minimum absolute atomic E-state index is 0.123. The van der Waals surface area contributed by atoms with Crippen LogP contribution in [0.2, 0.25) is 0 Å². The summed E-state index contributed by atoms with van der Waals surface area (Å²) in [5.74, 6) is 12.1. The summed E-state index contributed by atoms with van der Waals surface area (Å²) in [6, 6.07) is -1.94. The fraction of sp³-hybridized carbons (Fsp3) is 0.562. The first-order valence-corrected chi connectivity index (χ1v) is 15.5. The van der Waals surface area contributed by atoms with Gasteiger partial charge < -0.3 is 39.9 Å². The van der Waals surface area contributed by atoms with Gasteiger partial charge >= 0.3 is 12.2 Å². The van der Waals surface area contributed by atoms with Gasteiger partial charge in [-0.05, 0) is 61.2 Å². The van der Waals surface area contributed by atoms with Crippen molar-refractivity contribution in [2.75, 3.05) is 27.3 Å². The number of hydrogen-bond donors (Lipinski definition) is 4. The van der Waals surface area contributed by atoms with Gasteiger partial charge in [-0.3, -0.25) is 9.59 Å². The molecule has 2 saturated heterocycles. The first-order chi connectivity index (χ1) is 22.0. The van der Waals surface area contributed by atoms with Gasteiger partial charge in [0.1, 0.15) is 35.1 Å². The molecule has 2 aliphatic heterocycles. The molecule has 14 heteroatoms. The van der Waals surface area contributed by atoms with Gasteiger partial charge in [0.15, 0.2) is 0 Å². The van der Waals surface area contributed by atoms with Crippen LogP contribution in [0.25, 0.3) is 0 Å². The maximum Gasteiger partial charge on any atom is 0.407 e. The van der Waals surface area contributed by atoms with E-state index < -0.39 is 24.3 Å². The minimum Gasteiger partial charge on any atom is -0.453 e. The molecule has 246 valence electrons. The third-order valence-corrected chi connectivity index (χ3v) is 8.13. The second-order valence-electron chi connectivity index (χ2n) is 11.9. The molecule has 2 aromatic rings. The molecule has 2 aliphatic rings. The van der Waals surface area contributed by atoms with E-state index in [0.717, 1.165) is 25.7 Å². The summed E-state index contributed by atoms with van der Waals surface area (Å²) in [5.41, 5.74) is 1.04. The van der Waals surface area contributed by atoms with Gasteiger partial charge in [0.25, 0.3) is 0 Å². The number of likely N-dealkylation sites (tertiary alicyclic amines) is 2. The summed E-state index contributed by atoms with van der Waals surface area (Å²) >= 11 is 0. The molecule has 0 bridgehead atoms. The summed E-state index contributed by atoms with van der Waals surface area (Å²) < 4.78 is 9.40. The molecule has 4 atom stereocenters. The summed E-state index contributed by atoms with van der Waals surface area (Å²) in [4.78, 5) is 69.2. The zero-order chi connectivity index (χ0) is 33.4. The van der Waals surface area contributed by atoms with Crippen molar-refractivity contribution in [1.82, 2.24) is 40.4 Å². The number of nitrogens with zero attached hydrogens (tertiary/aromatic N) is 4. The van der Waals surface area contributed by atoms with Crippen molar-refractivity contribution >= 4 is 24.0 Å². The standard InChI is InChI=1S/C32H42N8O6/c1-19(2)25(37-31(43)45-5)29(41)39-15-9-13-23(39)27-33-17-21(35-27)11-7-8-12-22-18-34-28(36-22)24-14-10-16-40(24)30(42)26(20(3)4)38-32(44)46-6/h17-20,23-26H,9-10,13-16H2,1-6H3,(H,33,35)(H,34,36)(H,37,43)(H,38,44)/t23-,24-,25-,26-/m0/s1. The Morgan fingerprint density at radius 2 is 1.37 bits per heavy atom. The van der Waals surface area contributed by atoms with E-state index in [2.05, 4.69) is 54.3 Å². The van der Waals surface area contributed by atoms with Crippen LogP contribution in [-0.2, 0) is 19.1 Å². The largest absolute Gasteiger partial charge is 0.453 e. The monoisotopic (exact) mass is 634 g/mol. The predicted octanol–water partition coefficient (Wildman–Crippen LogP) is 2.62. The van der Waals surface area contributed by atoms with E-state index in [1.807, 2.05) is 27.7 Å². The number of rotatable bonds is 8. The van der Waals surface area contributed by atoms with Crippen molar-refractivity contribution < 1.29 is 28.7 Å². The lowest BCUT2D eigenvalue weighted by Gasteiger charge is -2.29. The number of carbonyl (C=O) groups is 4. The van der Waals surface area contributed by atoms with Crippen LogP contribution in [0.3, 0.4) is 0 Å². The number of imidazole rings is 2. The van der Waals surface area contributed by atoms with E-state index in [9.17, 15) is 19.2 Å². The van der Waals surface area contributed by atoms with Crippen LogP contribution in [-0.4, -0.2) is 93.1 Å². The number of hydrogen-bond acceptors (Lipinski definition) is 8. The summed E-state index contributed by atoms with van der Waals surface area (Å²) in [6.07, 6.45) is 5.09. The molecule has 4 rings (SSSR count). The maximum atomic E-state index is 13.3. The number of methoxy groups -OCH3 is 2. The average molecular weight is 635 g/mol. The van der Waals surface area contributed by atoms with Crippen molar-refractivity contribution in [3.8, 4) is 23.7 Å². The minimum atomic E-state index is -0.710. The van der Waals surface area contributed by atoms with Crippen LogP contribution in [0.1, 0.15) is 88.5 Å². The van der Waals surface area contributed by atoms with Gasteiger partial charge in [0.2, 0.25) is 11.8 Å². The number of nitrogens with one attached hydrogen (secondary N) is 4. The number of amides is 4. The van der Waals surface area contributed by atoms with Gasteiger partial charge in [-0.25, -0.2) is 19.6 Å². The lowest BCUT2D eigenvalue weighted by atomic mass is 10.0. The van der Waals surface area contributed by atoms with Crippen molar-refractivity contribution in [3.05, 3.63) is 35.4 Å². The molecule has 4 amide bonds. The lowest BCUT2D eigenvalue weighted by molar-refractivity contribution is -0.136. The zero-order valence-electron chi connectivity index (χ0n) is 27.1. The first kappa shape index (κ1) is 33.9. The van der Waals surface area contributed by atoms with Crippen LogP contribution in [0.5, 0.6) is 0 Å². The van der Waals surface area contributed by atoms with E-state index >= 15 is 0 Å². The Kier molecular flexibility index (Phi) is 11.3. The molecule has 4 heterocycles. The molecular formula is C32H42N8O6. The second kappa shape index (κ2) is 15.3. The molecule has 0 spiro atoms. The third kappa shape index (κ3) is 7.99. The fourth-order valence-electron chi connectivity index (χ4n) is 5.72. The molecular weight excluding hydrogens is 592 g/mol. The Hall–Kier alpha value is -4.98. The quantitative estimate of drug-likeness (QED) is 0.321. The Bertz CT molecular complexity index is 1430. The van der Waals surface area contributed by atoms with Crippen molar-refractivity contribution in [3.63, 3.8) is 0 Å². The van der Waals surface area contributed by atoms with Gasteiger partial charge in [0.05, 0.1) is 32.5 Å². The summed E-state index contributed by atoms with van der Waals surface area (Å²) in [5, 5.41) is 5.29. The molecule has 4 N–H and O–H groups in total. The van der Waals surface area contributed by atoms with Crippen LogP contribution >= 0.6 is 0 Å². The molecule has 0 unspecified atom stereocenters. The number of alkyl carbamates (subject to hydrolysis) is 2. The lowest BCUT2D eigenvalue weighted by Crippen LogP contribution is -2.51. The molecule has 2 fully saturated rings. The fourth-order valence-corrected chi connectivity index (χ4v) is 5.72. The SMILES string of the molecule is COC(=O)N[C@H](C(=O)N1CCC[C@H]1c1nc(C#CC#Cc2cnc([C@@H]3CCCN3C(=O)[C@@H](NC(=O)OC)C(C)C)[nH]2)c[nH]1)C(C)C. The Morgan fingerprint density at radius 1 is 0.848 bits per heavy atom. The van der Waals surface area contributed by atoms with Crippen molar-refractivity contribution in [2.45, 2.75) is 77.5 Å². The highest BCUT2D eigenvalue weighted by atomic mass is 16.5. The van der Waals surface area contributed by atoms with Crippen molar-refractivity contribution in [2.24, 2.45) is 11.8 Å². The summed E-state index contributed by atoms with van der Waals surface area (Å²) in [7, 11) is 2.53. The molecule has 0 aliphatic carbocycles. The highest BCUT2D eigenvalue weighted by Gasteiger charge is 2.38. The van der Waals surface area contributed by atoms with Crippen LogP contribution in [0.4, 0.5) is 9.59 Å². The summed E-state index contributed by atoms with van der Waals surface area (Å²) in [6.45, 7) is 8.60. The number of carbonyl (C=O) groups excluding carboxylic acids is 4. The van der Waals surface area contributed by atoms with Gasteiger partial charge in [-0.2, -0.15) is 0 Å². The number of H-pyrrole nitrogens is 2. The van der Waals surface area contributed by atoms with Crippen LogP contribution < -0.4 is 10.6 Å². The zero-order valence-corrected chi connectivity index (χ0v) is 27.1. The third-order valence-electron chi connectivity index (χ3n) is 8.13. The van der Waals surface area contributed by atoms with Gasteiger partial charge in [-0.15, -0.1) is 0 Å². The smallest absolute Gasteiger partial charge is 0.407 e. The number of aromatic amines is 2. The predicted molar refractivity (Wildman–Crippen MR) is 167 cm³/mol. The molecule has 0 aromatic carbocycles.